The summed E-state index contributed by atoms with van der Waals surface area (Å²) in [7, 11) is -3.42. The Hall–Kier alpha value is -2.64. The van der Waals surface area contributed by atoms with E-state index in [9.17, 15) is 13.2 Å². The van der Waals surface area contributed by atoms with Crippen LogP contribution in [-0.2, 0) is 16.6 Å². The molecule has 4 rings (SSSR count). The predicted octanol–water partition coefficient (Wildman–Crippen LogP) is 3.46. The monoisotopic (exact) mass is 398 g/mol. The fourth-order valence-electron chi connectivity index (χ4n) is 3.40. The zero-order valence-electron chi connectivity index (χ0n) is 15.6. The van der Waals surface area contributed by atoms with E-state index in [1.807, 2.05) is 25.1 Å². The van der Waals surface area contributed by atoms with E-state index in [0.29, 0.717) is 25.2 Å². The van der Waals surface area contributed by atoms with Crippen molar-refractivity contribution in [3.63, 3.8) is 0 Å². The predicted molar refractivity (Wildman–Crippen MR) is 107 cm³/mol. The molecule has 1 fully saturated rings. The summed E-state index contributed by atoms with van der Waals surface area (Å²) in [6.07, 6.45) is 1.81. The van der Waals surface area contributed by atoms with Crippen LogP contribution in [0.4, 0.5) is 0 Å². The van der Waals surface area contributed by atoms with E-state index in [1.165, 1.54) is 4.31 Å². The number of aryl methyl sites for hydroxylation is 1. The van der Waals surface area contributed by atoms with Gasteiger partial charge in [0.15, 0.2) is 5.76 Å². The third kappa shape index (κ3) is 3.68. The van der Waals surface area contributed by atoms with E-state index in [-0.39, 0.29) is 16.6 Å². The average molecular weight is 398 g/mol. The standard InChI is InChI=1S/C21H22N2O4S/c1-15-4-9-19-17(12-15)13-20(27-19)21(24)22-14-16-5-7-18(8-6-16)28(25,26)23-10-2-3-11-23/h4-9,12-13H,2-3,10-11,14H2,1H3,(H,22,24). The molecule has 1 amide bonds. The molecule has 2 aromatic carbocycles. The first-order chi connectivity index (χ1) is 13.4. The second-order valence-electron chi connectivity index (χ2n) is 7.09. The molecule has 6 nitrogen and oxygen atoms in total. The van der Waals surface area contributed by atoms with Crippen LogP contribution in [0.15, 0.2) is 57.8 Å². The van der Waals surface area contributed by atoms with Gasteiger partial charge in [0.05, 0.1) is 4.90 Å². The normalized spacial score (nSPS) is 15.2. The number of benzene rings is 2. The highest BCUT2D eigenvalue weighted by Gasteiger charge is 2.26. The van der Waals surface area contributed by atoms with Gasteiger partial charge in [-0.2, -0.15) is 4.31 Å². The Morgan fingerprint density at radius 2 is 1.79 bits per heavy atom. The van der Waals surface area contributed by atoms with Crippen molar-refractivity contribution in [1.82, 2.24) is 9.62 Å². The van der Waals surface area contributed by atoms with Gasteiger partial charge in [0.25, 0.3) is 5.91 Å². The van der Waals surface area contributed by atoms with Crippen molar-refractivity contribution < 1.29 is 17.6 Å². The molecule has 0 saturated carbocycles. The van der Waals surface area contributed by atoms with Gasteiger partial charge < -0.3 is 9.73 Å². The summed E-state index contributed by atoms with van der Waals surface area (Å²) in [6.45, 7) is 3.44. The Balaban J connectivity index is 1.42. The maximum absolute atomic E-state index is 12.5. The summed E-state index contributed by atoms with van der Waals surface area (Å²) < 4.78 is 32.2. The highest BCUT2D eigenvalue weighted by molar-refractivity contribution is 7.89. The van der Waals surface area contributed by atoms with E-state index in [4.69, 9.17) is 4.42 Å². The van der Waals surface area contributed by atoms with Gasteiger partial charge in [-0.05, 0) is 55.7 Å². The molecule has 1 N–H and O–H groups in total. The molecule has 0 spiro atoms. The lowest BCUT2D eigenvalue weighted by molar-refractivity contribution is 0.0925. The molecule has 28 heavy (non-hydrogen) atoms. The highest BCUT2D eigenvalue weighted by atomic mass is 32.2. The van der Waals surface area contributed by atoms with Crippen LogP contribution in [0.1, 0.15) is 34.5 Å². The van der Waals surface area contributed by atoms with Crippen molar-refractivity contribution in [3.05, 3.63) is 65.4 Å². The van der Waals surface area contributed by atoms with Crippen LogP contribution in [0.3, 0.4) is 0 Å². The van der Waals surface area contributed by atoms with Gasteiger partial charge in [0.2, 0.25) is 10.0 Å². The molecule has 0 unspecified atom stereocenters. The molecule has 1 aromatic heterocycles. The van der Waals surface area contributed by atoms with Crippen molar-refractivity contribution in [1.29, 1.82) is 0 Å². The van der Waals surface area contributed by atoms with Crippen LogP contribution in [0.25, 0.3) is 11.0 Å². The number of rotatable bonds is 5. The largest absolute Gasteiger partial charge is 0.451 e. The maximum atomic E-state index is 12.5. The topological polar surface area (TPSA) is 79.6 Å². The van der Waals surface area contributed by atoms with Crippen LogP contribution in [0.2, 0.25) is 0 Å². The summed E-state index contributed by atoms with van der Waals surface area (Å²) in [4.78, 5) is 12.7. The van der Waals surface area contributed by atoms with Gasteiger partial charge in [-0.25, -0.2) is 8.42 Å². The van der Waals surface area contributed by atoms with E-state index >= 15 is 0 Å². The summed E-state index contributed by atoms with van der Waals surface area (Å²) in [6, 6.07) is 14.1. The molecule has 0 radical (unpaired) electrons. The fourth-order valence-corrected chi connectivity index (χ4v) is 4.92. The number of sulfonamides is 1. The third-order valence-corrected chi connectivity index (χ3v) is 6.89. The summed E-state index contributed by atoms with van der Waals surface area (Å²) >= 11 is 0. The Bertz CT molecular complexity index is 1110. The number of carbonyl (C=O) groups is 1. The molecule has 3 aromatic rings. The molecule has 7 heteroatoms. The molecule has 1 saturated heterocycles. The van der Waals surface area contributed by atoms with E-state index < -0.39 is 10.0 Å². The number of hydrogen-bond acceptors (Lipinski definition) is 4. The molecular weight excluding hydrogens is 376 g/mol. The first-order valence-electron chi connectivity index (χ1n) is 9.31. The minimum absolute atomic E-state index is 0.258. The van der Waals surface area contributed by atoms with Crippen LogP contribution in [-0.4, -0.2) is 31.7 Å². The first-order valence-corrected chi connectivity index (χ1v) is 10.7. The number of furan rings is 1. The summed E-state index contributed by atoms with van der Waals surface area (Å²) in [5.74, 6) is -0.0450. The molecule has 0 aliphatic carbocycles. The van der Waals surface area contributed by atoms with Crippen molar-refractivity contribution in [3.8, 4) is 0 Å². The van der Waals surface area contributed by atoms with Crippen molar-refractivity contribution in [2.45, 2.75) is 31.2 Å². The number of amides is 1. The maximum Gasteiger partial charge on any atom is 0.287 e. The zero-order chi connectivity index (χ0) is 19.7. The molecule has 0 atom stereocenters. The summed E-state index contributed by atoms with van der Waals surface area (Å²) in [5.41, 5.74) is 2.59. The number of nitrogens with zero attached hydrogens (tertiary/aromatic N) is 1. The molecule has 146 valence electrons. The molecular formula is C21H22N2O4S. The Kier molecular flexibility index (Phi) is 4.95. The SMILES string of the molecule is Cc1ccc2oc(C(=O)NCc3ccc(S(=O)(=O)N4CCCC4)cc3)cc2c1. The highest BCUT2D eigenvalue weighted by Crippen LogP contribution is 2.22. The van der Waals surface area contributed by atoms with Crippen molar-refractivity contribution in [2.24, 2.45) is 0 Å². The number of carbonyl (C=O) groups excluding carboxylic acids is 1. The van der Waals surface area contributed by atoms with E-state index in [1.54, 1.807) is 30.3 Å². The van der Waals surface area contributed by atoms with Gasteiger partial charge in [0, 0.05) is 25.0 Å². The first kappa shape index (κ1) is 18.7. The molecule has 0 bridgehead atoms. The summed E-state index contributed by atoms with van der Waals surface area (Å²) in [5, 5.41) is 3.70. The van der Waals surface area contributed by atoms with E-state index in [0.717, 1.165) is 29.4 Å². The second-order valence-corrected chi connectivity index (χ2v) is 9.03. The van der Waals surface area contributed by atoms with Gasteiger partial charge in [-0.15, -0.1) is 0 Å². The van der Waals surface area contributed by atoms with E-state index in [2.05, 4.69) is 5.32 Å². The second kappa shape index (κ2) is 7.41. The van der Waals surface area contributed by atoms with Crippen LogP contribution in [0, 0.1) is 6.92 Å². The lowest BCUT2D eigenvalue weighted by Gasteiger charge is -2.15. The zero-order valence-corrected chi connectivity index (χ0v) is 16.5. The van der Waals surface area contributed by atoms with Gasteiger partial charge >= 0.3 is 0 Å². The van der Waals surface area contributed by atoms with Crippen LogP contribution < -0.4 is 5.32 Å². The Morgan fingerprint density at radius 1 is 1.07 bits per heavy atom. The lowest BCUT2D eigenvalue weighted by atomic mass is 10.2. The fraction of sp³-hybridized carbons (Fsp3) is 0.286. The smallest absolute Gasteiger partial charge is 0.287 e. The van der Waals surface area contributed by atoms with Crippen LogP contribution >= 0.6 is 0 Å². The lowest BCUT2D eigenvalue weighted by Crippen LogP contribution is -2.27. The minimum Gasteiger partial charge on any atom is -0.451 e. The van der Waals surface area contributed by atoms with Crippen molar-refractivity contribution in [2.75, 3.05) is 13.1 Å². The molecule has 2 heterocycles. The number of nitrogens with one attached hydrogen (secondary N) is 1. The van der Waals surface area contributed by atoms with Gasteiger partial charge in [-0.1, -0.05) is 23.8 Å². The van der Waals surface area contributed by atoms with Crippen LogP contribution in [0.5, 0.6) is 0 Å². The average Bonchev–Trinajstić information content (AvgIpc) is 3.36. The van der Waals surface area contributed by atoms with Gasteiger partial charge in [0.1, 0.15) is 5.58 Å². The van der Waals surface area contributed by atoms with Gasteiger partial charge in [-0.3, -0.25) is 4.79 Å². The quantitative estimate of drug-likeness (QED) is 0.714. The number of hydrogen-bond donors (Lipinski definition) is 1. The Morgan fingerprint density at radius 3 is 2.50 bits per heavy atom. The molecule has 1 aliphatic rings. The minimum atomic E-state index is -3.42. The Labute approximate surface area is 164 Å². The molecule has 1 aliphatic heterocycles. The third-order valence-electron chi connectivity index (χ3n) is 4.97. The number of fused-ring (bicyclic) bond motifs is 1. The van der Waals surface area contributed by atoms with Crippen molar-refractivity contribution >= 4 is 26.9 Å².